The Bertz CT molecular complexity index is 1160. The monoisotopic (exact) mass is 406 g/mol. The van der Waals surface area contributed by atoms with E-state index in [1.807, 2.05) is 0 Å². The Kier molecular flexibility index (Phi) is 4.10. The highest BCUT2D eigenvalue weighted by Crippen LogP contribution is 2.39. The Labute approximate surface area is 159 Å². The molecule has 0 unspecified atom stereocenters. The molecule has 1 radical (unpaired) electrons. The second-order valence-corrected chi connectivity index (χ2v) is 8.33. The van der Waals surface area contributed by atoms with Gasteiger partial charge in [-0.05, 0) is 29.2 Å². The summed E-state index contributed by atoms with van der Waals surface area (Å²) in [5.74, 6) is -1.25. The first-order valence-electron chi connectivity index (χ1n) is 7.80. The first-order chi connectivity index (χ1) is 12.8. The quantitative estimate of drug-likeness (QED) is 0.612. The van der Waals surface area contributed by atoms with Crippen LogP contribution in [-0.2, 0) is 14.6 Å². The van der Waals surface area contributed by atoms with Crippen LogP contribution in [0.4, 0.5) is 15.8 Å². The SMILES string of the molecule is CC1=NC(C(=O)Nc2ccnc(Cl)c2)=C2CS(=O)(=O)c3cc(F)ccc3[N+]12. The lowest BCUT2D eigenvalue weighted by atomic mass is 10.2. The van der Waals surface area contributed by atoms with Crippen LogP contribution >= 0.6 is 11.6 Å². The minimum Gasteiger partial charge on any atom is -0.320 e. The number of benzene rings is 1. The number of carbonyl (C=O) groups is 1. The van der Waals surface area contributed by atoms with E-state index in [4.69, 9.17) is 11.6 Å². The number of aromatic nitrogens is 1. The second kappa shape index (κ2) is 6.22. The van der Waals surface area contributed by atoms with E-state index in [1.165, 1.54) is 24.4 Å². The number of nitrogens with zero attached hydrogens (tertiary/aromatic N) is 3. The van der Waals surface area contributed by atoms with Gasteiger partial charge in [0.15, 0.2) is 15.5 Å². The molecule has 2 aliphatic rings. The predicted octanol–water partition coefficient (Wildman–Crippen LogP) is 2.72. The molecule has 137 valence electrons. The highest BCUT2D eigenvalue weighted by molar-refractivity contribution is 7.91. The molecule has 1 aromatic carbocycles. The largest absolute Gasteiger partial charge is 0.320 e. The van der Waals surface area contributed by atoms with Gasteiger partial charge >= 0.3 is 0 Å². The van der Waals surface area contributed by atoms with Crippen molar-refractivity contribution in [3.8, 4) is 0 Å². The molecule has 10 heteroatoms. The summed E-state index contributed by atoms with van der Waals surface area (Å²) in [4.78, 5) is 22.2. The Hall–Kier alpha value is -2.62. The van der Waals surface area contributed by atoms with E-state index in [2.05, 4.69) is 15.3 Å². The van der Waals surface area contributed by atoms with Gasteiger partial charge in [-0.2, -0.15) is 4.99 Å². The lowest BCUT2D eigenvalue weighted by Gasteiger charge is -2.18. The molecule has 4 rings (SSSR count). The summed E-state index contributed by atoms with van der Waals surface area (Å²) in [6, 6.07) is 6.52. The average molecular weight is 407 g/mol. The smallest absolute Gasteiger partial charge is 0.280 e. The maximum atomic E-state index is 13.6. The van der Waals surface area contributed by atoms with Gasteiger partial charge in [0, 0.05) is 24.9 Å². The lowest BCUT2D eigenvalue weighted by Crippen LogP contribution is -2.36. The van der Waals surface area contributed by atoms with Crippen molar-refractivity contribution in [1.82, 2.24) is 9.88 Å². The van der Waals surface area contributed by atoms with Gasteiger partial charge in [0.1, 0.15) is 21.6 Å². The number of hydrogen-bond donors (Lipinski definition) is 1. The van der Waals surface area contributed by atoms with Crippen LogP contribution < -0.4 is 10.2 Å². The zero-order valence-corrected chi connectivity index (χ0v) is 15.5. The fraction of sp³-hybridized carbons (Fsp3) is 0.118. The number of fused-ring (bicyclic) bond motifs is 3. The van der Waals surface area contributed by atoms with Crippen molar-refractivity contribution in [3.05, 3.63) is 58.9 Å². The second-order valence-electron chi connectivity index (χ2n) is 5.98. The minimum absolute atomic E-state index is 0.0148. The molecule has 0 atom stereocenters. The first-order valence-corrected chi connectivity index (χ1v) is 9.83. The van der Waals surface area contributed by atoms with Crippen molar-refractivity contribution < 1.29 is 17.6 Å². The van der Waals surface area contributed by atoms with Gasteiger partial charge in [-0.25, -0.2) is 17.8 Å². The normalized spacial score (nSPS) is 18.0. The summed E-state index contributed by atoms with van der Waals surface area (Å²) >= 11 is 5.81. The summed E-state index contributed by atoms with van der Waals surface area (Å²) in [6.07, 6.45) is 1.43. The standard InChI is InChI=1S/C17H12ClFN4O3S/c1-9-21-16(17(24)22-11-4-5-20-15(18)7-11)13-8-27(25,26)14-6-10(19)2-3-12(14)23(9)13/h2-7H,8H2,1H3,(H,20,22,24)/q+1. The van der Waals surface area contributed by atoms with Crippen LogP contribution in [0, 0.1) is 5.82 Å². The number of pyridine rings is 1. The maximum Gasteiger partial charge on any atom is 0.280 e. The molecule has 0 saturated heterocycles. The molecular weight excluding hydrogens is 395 g/mol. The van der Waals surface area contributed by atoms with E-state index in [-0.39, 0.29) is 27.1 Å². The number of halogens is 2. The highest BCUT2D eigenvalue weighted by Gasteiger charge is 2.49. The van der Waals surface area contributed by atoms with Crippen LogP contribution in [0.15, 0.2) is 57.8 Å². The molecule has 0 aliphatic carbocycles. The van der Waals surface area contributed by atoms with Gasteiger partial charge in [0.25, 0.3) is 11.7 Å². The van der Waals surface area contributed by atoms with Crippen molar-refractivity contribution in [2.45, 2.75) is 11.8 Å². The zero-order valence-electron chi connectivity index (χ0n) is 13.9. The number of nitrogens with one attached hydrogen (secondary N) is 1. The molecule has 1 N–H and O–H groups in total. The third kappa shape index (κ3) is 3.03. The maximum absolute atomic E-state index is 13.6. The number of amidine groups is 1. The van der Waals surface area contributed by atoms with Gasteiger partial charge in [0.2, 0.25) is 11.4 Å². The van der Waals surface area contributed by atoms with Gasteiger partial charge in [-0.15, -0.1) is 0 Å². The number of hydrogen-bond acceptors (Lipinski definition) is 6. The molecule has 0 fully saturated rings. The van der Waals surface area contributed by atoms with Crippen molar-refractivity contribution in [2.75, 3.05) is 11.1 Å². The molecule has 1 aromatic heterocycles. The van der Waals surface area contributed by atoms with Gasteiger partial charge in [-0.3, -0.25) is 4.79 Å². The summed E-state index contributed by atoms with van der Waals surface area (Å²) in [5.41, 5.74) is 0.887. The van der Waals surface area contributed by atoms with E-state index in [0.717, 1.165) is 6.07 Å². The fourth-order valence-electron chi connectivity index (χ4n) is 3.06. The van der Waals surface area contributed by atoms with Crippen LogP contribution in [0.1, 0.15) is 6.92 Å². The first kappa shape index (κ1) is 17.8. The fourth-order valence-corrected chi connectivity index (χ4v) is 4.79. The molecule has 2 aromatic rings. The third-order valence-electron chi connectivity index (χ3n) is 4.16. The Balaban J connectivity index is 1.78. The zero-order chi connectivity index (χ0) is 19.3. The number of rotatable bonds is 2. The van der Waals surface area contributed by atoms with Crippen molar-refractivity contribution >= 4 is 44.6 Å². The van der Waals surface area contributed by atoms with E-state index < -0.39 is 27.3 Å². The van der Waals surface area contributed by atoms with Crippen LogP contribution in [0.2, 0.25) is 5.15 Å². The van der Waals surface area contributed by atoms with Gasteiger partial charge in [-0.1, -0.05) is 11.6 Å². The minimum atomic E-state index is -3.81. The number of sulfone groups is 1. The number of aliphatic imine (C=N–C) groups is 1. The molecular formula is C17H12ClFN4O3S+. The third-order valence-corrected chi connectivity index (χ3v) is 6.02. The van der Waals surface area contributed by atoms with Crippen molar-refractivity contribution in [2.24, 2.45) is 4.99 Å². The van der Waals surface area contributed by atoms with Gasteiger partial charge < -0.3 is 5.32 Å². The average Bonchev–Trinajstić information content (AvgIpc) is 2.91. The summed E-state index contributed by atoms with van der Waals surface area (Å²) in [7, 11) is -3.81. The van der Waals surface area contributed by atoms with E-state index in [1.54, 1.807) is 17.9 Å². The Morgan fingerprint density at radius 3 is 2.81 bits per heavy atom. The van der Waals surface area contributed by atoms with E-state index in [0.29, 0.717) is 11.5 Å². The predicted molar refractivity (Wildman–Crippen MR) is 98.3 cm³/mol. The molecule has 1 amide bonds. The topological polar surface area (TPSA) is 94.4 Å². The molecule has 0 bridgehead atoms. The molecule has 0 spiro atoms. The van der Waals surface area contributed by atoms with Crippen LogP contribution in [0.3, 0.4) is 0 Å². The highest BCUT2D eigenvalue weighted by atomic mass is 35.5. The summed E-state index contributed by atoms with van der Waals surface area (Å²) < 4.78 is 38.8. The molecule has 2 aliphatic heterocycles. The number of carbonyl (C=O) groups excluding carboxylic acids is 1. The molecule has 7 nitrogen and oxygen atoms in total. The number of anilines is 2. The molecule has 3 heterocycles. The molecule has 27 heavy (non-hydrogen) atoms. The van der Waals surface area contributed by atoms with E-state index in [9.17, 15) is 17.6 Å². The van der Waals surface area contributed by atoms with Crippen molar-refractivity contribution in [1.29, 1.82) is 0 Å². The van der Waals surface area contributed by atoms with Crippen LogP contribution in [-0.4, -0.2) is 30.9 Å². The van der Waals surface area contributed by atoms with Gasteiger partial charge in [0.05, 0.1) is 0 Å². The summed E-state index contributed by atoms with van der Waals surface area (Å²) in [5, 5.41) is 2.83. The molecule has 0 saturated carbocycles. The number of amides is 1. The lowest BCUT2D eigenvalue weighted by molar-refractivity contribution is -0.112. The van der Waals surface area contributed by atoms with Crippen LogP contribution in [0.25, 0.3) is 0 Å². The van der Waals surface area contributed by atoms with E-state index >= 15 is 0 Å². The Morgan fingerprint density at radius 1 is 1.30 bits per heavy atom. The Morgan fingerprint density at radius 2 is 2.07 bits per heavy atom. The summed E-state index contributed by atoms with van der Waals surface area (Å²) in [6.45, 7) is 1.65. The van der Waals surface area contributed by atoms with Crippen LogP contribution in [0.5, 0.6) is 0 Å². The van der Waals surface area contributed by atoms with Crippen molar-refractivity contribution in [3.63, 3.8) is 0 Å².